The lowest BCUT2D eigenvalue weighted by molar-refractivity contribution is -0.111. The Kier molecular flexibility index (Phi) is 25.4. The topological polar surface area (TPSA) is 126 Å². The van der Waals surface area contributed by atoms with Crippen LogP contribution in [0.1, 0.15) is 60.3 Å². The maximum atomic E-state index is 11.1. The van der Waals surface area contributed by atoms with E-state index in [-0.39, 0.29) is 26.9 Å². The van der Waals surface area contributed by atoms with Crippen LogP contribution in [0.2, 0.25) is 0 Å². The van der Waals surface area contributed by atoms with Gasteiger partial charge in [-0.25, -0.2) is 15.9 Å². The number of nitrogens with one attached hydrogen (secondary N) is 3. The highest BCUT2D eigenvalue weighted by molar-refractivity contribution is 5.57. The smallest absolute Gasteiger partial charge is 0.138 e. The van der Waals surface area contributed by atoms with Crippen LogP contribution in [-0.2, 0) is 9.59 Å². The van der Waals surface area contributed by atoms with Crippen molar-refractivity contribution in [3.63, 3.8) is 0 Å². The van der Waals surface area contributed by atoms with E-state index >= 15 is 0 Å². The molecule has 26 heavy (non-hydrogen) atoms. The van der Waals surface area contributed by atoms with E-state index in [1.165, 1.54) is 0 Å². The van der Waals surface area contributed by atoms with E-state index in [0.717, 1.165) is 64.2 Å². The molecule has 0 aromatic rings. The zero-order valence-corrected chi connectivity index (χ0v) is 15.0. The zero-order valence-electron chi connectivity index (χ0n) is 15.0. The van der Waals surface area contributed by atoms with Crippen molar-refractivity contribution in [2.45, 2.75) is 72.4 Å². The predicted molar refractivity (Wildman–Crippen MR) is 110 cm³/mol. The average molecular weight is 377 g/mol. The number of nitrogens with two attached hydrogens (primary N) is 2. The molecule has 8 heteroatoms. The van der Waals surface area contributed by atoms with E-state index in [1.54, 1.807) is 0 Å². The lowest BCUT2D eigenvalue weighted by Crippen LogP contribution is -2.50. The molecule has 7 N–H and O–H groups in total. The fourth-order valence-corrected chi connectivity index (χ4v) is 2.30. The fourth-order valence-electron chi connectivity index (χ4n) is 2.30. The number of aldehydes is 2. The second-order valence-corrected chi connectivity index (χ2v) is 5.83. The predicted octanol–water partition coefficient (Wildman–Crippen LogP) is 0.572. The van der Waals surface area contributed by atoms with E-state index in [0.29, 0.717) is 19.6 Å². The summed E-state index contributed by atoms with van der Waals surface area (Å²) >= 11 is 0. The molecule has 0 saturated heterocycles. The quantitative estimate of drug-likeness (QED) is 0.134. The molecule has 0 aliphatic carbocycles. The molecule has 0 aliphatic heterocycles. The van der Waals surface area contributed by atoms with Crippen molar-refractivity contribution in [1.29, 1.82) is 0 Å². The van der Waals surface area contributed by atoms with Crippen molar-refractivity contribution in [2.24, 2.45) is 11.5 Å². The second kappa shape index (κ2) is 22.1. The van der Waals surface area contributed by atoms with Crippen LogP contribution in [-0.4, -0.2) is 62.4 Å². The minimum atomic E-state index is -0.196. The normalized spacial score (nSPS) is 12.8. The van der Waals surface area contributed by atoms with Gasteiger partial charge in [-0.1, -0.05) is 34.6 Å². The van der Waals surface area contributed by atoms with Gasteiger partial charge >= 0.3 is 0 Å². The standard InChI is InChI=1S/C16H36N6O2.2CH4/c1-2-22(21-16(14-24)8-4-6-10-18)12-11-19-20-15(13-23)7-3-5-9-17;;/h13-16,19-21H,2-12,17-18H2,1H3;2*1H4/t15-,16-;;/m0../s1. The van der Waals surface area contributed by atoms with Gasteiger partial charge in [-0.3, -0.25) is 5.43 Å². The maximum Gasteiger partial charge on any atom is 0.138 e. The van der Waals surface area contributed by atoms with Crippen LogP contribution in [0.4, 0.5) is 0 Å². The highest BCUT2D eigenvalue weighted by Crippen LogP contribution is 1.99. The number of likely N-dealkylation sites (N-methyl/N-ethyl adjacent to an activating group) is 1. The summed E-state index contributed by atoms with van der Waals surface area (Å²) in [6.07, 6.45) is 7.16. The molecule has 158 valence electrons. The molecule has 0 bridgehead atoms. The SMILES string of the molecule is C.C.CCN(CCNN[C@H](C=O)CCCCN)N[C@H](C=O)CCCCN. The van der Waals surface area contributed by atoms with E-state index in [9.17, 15) is 9.59 Å². The van der Waals surface area contributed by atoms with Crippen molar-refractivity contribution < 1.29 is 9.59 Å². The molecule has 0 aliphatic rings. The first kappa shape index (κ1) is 29.8. The van der Waals surface area contributed by atoms with Gasteiger partial charge in [0.2, 0.25) is 0 Å². The molecule has 0 aromatic heterocycles. The van der Waals surface area contributed by atoms with Gasteiger partial charge in [0.1, 0.15) is 12.6 Å². The molecule has 8 nitrogen and oxygen atoms in total. The Balaban J connectivity index is -0.00000264. The van der Waals surface area contributed by atoms with Crippen molar-refractivity contribution in [2.75, 3.05) is 32.7 Å². The molecule has 0 saturated carbocycles. The summed E-state index contributed by atoms with van der Waals surface area (Å²) in [5.74, 6) is 0. The van der Waals surface area contributed by atoms with Gasteiger partial charge in [0, 0.05) is 19.6 Å². The highest BCUT2D eigenvalue weighted by Gasteiger charge is 2.11. The fraction of sp³-hybridized carbons (Fsp3) is 0.889. The van der Waals surface area contributed by atoms with E-state index in [2.05, 4.69) is 16.3 Å². The number of hydrogen-bond donors (Lipinski definition) is 5. The number of unbranched alkanes of at least 4 members (excludes halogenated alkanes) is 2. The number of rotatable bonds is 18. The van der Waals surface area contributed by atoms with Crippen molar-refractivity contribution in [3.8, 4) is 0 Å². The Morgan fingerprint density at radius 2 is 1.46 bits per heavy atom. The third kappa shape index (κ3) is 16.6. The first-order valence-electron chi connectivity index (χ1n) is 9.02. The second-order valence-electron chi connectivity index (χ2n) is 5.83. The summed E-state index contributed by atoms with van der Waals surface area (Å²) < 4.78 is 0. The number of hydrazine groups is 2. The Labute approximate surface area is 160 Å². The molecular formula is C18H44N6O2. The number of carbonyl (C=O) groups excluding carboxylic acids is 2. The van der Waals surface area contributed by atoms with Gasteiger partial charge in [0.15, 0.2) is 0 Å². The molecule has 0 heterocycles. The van der Waals surface area contributed by atoms with Crippen LogP contribution in [0.5, 0.6) is 0 Å². The largest absolute Gasteiger partial charge is 0.330 e. The van der Waals surface area contributed by atoms with E-state index in [4.69, 9.17) is 11.5 Å². The van der Waals surface area contributed by atoms with Gasteiger partial charge in [0.25, 0.3) is 0 Å². The van der Waals surface area contributed by atoms with Crippen LogP contribution in [0.3, 0.4) is 0 Å². The Morgan fingerprint density at radius 1 is 0.923 bits per heavy atom. The van der Waals surface area contributed by atoms with Gasteiger partial charge in [-0.05, 0) is 38.8 Å². The number of hydrogen-bond acceptors (Lipinski definition) is 8. The summed E-state index contributed by atoms with van der Waals surface area (Å²) in [7, 11) is 0. The third-order valence-electron chi connectivity index (χ3n) is 3.79. The summed E-state index contributed by atoms with van der Waals surface area (Å²) in [6.45, 7) is 5.51. The molecule has 0 aromatic carbocycles. The Hall–Kier alpha value is -0.900. The molecule has 0 rings (SSSR count). The molecular weight excluding hydrogens is 332 g/mol. The molecule has 0 unspecified atom stereocenters. The average Bonchev–Trinajstić information content (AvgIpc) is 2.61. The first-order valence-corrected chi connectivity index (χ1v) is 9.02. The number of nitrogens with zero attached hydrogens (tertiary/aromatic N) is 1. The molecule has 2 atom stereocenters. The third-order valence-corrected chi connectivity index (χ3v) is 3.79. The van der Waals surface area contributed by atoms with Crippen LogP contribution in [0.25, 0.3) is 0 Å². The van der Waals surface area contributed by atoms with Gasteiger partial charge in [-0.15, -0.1) is 0 Å². The minimum absolute atomic E-state index is 0. The van der Waals surface area contributed by atoms with Crippen LogP contribution < -0.4 is 27.7 Å². The lowest BCUT2D eigenvalue weighted by atomic mass is 10.1. The summed E-state index contributed by atoms with van der Waals surface area (Å²) in [4.78, 5) is 22.1. The molecule has 0 spiro atoms. The van der Waals surface area contributed by atoms with Crippen LogP contribution in [0.15, 0.2) is 0 Å². The Bertz CT molecular complexity index is 307. The van der Waals surface area contributed by atoms with Gasteiger partial charge < -0.3 is 21.1 Å². The summed E-state index contributed by atoms with van der Waals surface area (Å²) in [5.41, 5.74) is 20.2. The van der Waals surface area contributed by atoms with Gasteiger partial charge in [-0.2, -0.15) is 0 Å². The molecule has 0 amide bonds. The van der Waals surface area contributed by atoms with E-state index < -0.39 is 0 Å². The maximum absolute atomic E-state index is 11.1. The minimum Gasteiger partial charge on any atom is -0.330 e. The van der Waals surface area contributed by atoms with Crippen molar-refractivity contribution in [3.05, 3.63) is 0 Å². The van der Waals surface area contributed by atoms with Crippen LogP contribution in [0, 0.1) is 0 Å². The first-order chi connectivity index (χ1) is 11.7. The summed E-state index contributed by atoms with van der Waals surface area (Å²) in [5, 5.41) is 2.00. The monoisotopic (exact) mass is 376 g/mol. The van der Waals surface area contributed by atoms with Crippen LogP contribution >= 0.6 is 0 Å². The molecule has 0 radical (unpaired) electrons. The Morgan fingerprint density at radius 3 is 1.92 bits per heavy atom. The number of carbonyl (C=O) groups is 2. The summed E-state index contributed by atoms with van der Waals surface area (Å²) in [6, 6.07) is -0.373. The highest BCUT2D eigenvalue weighted by atomic mass is 16.1. The lowest BCUT2D eigenvalue weighted by Gasteiger charge is -2.26. The molecule has 0 fully saturated rings. The van der Waals surface area contributed by atoms with Crippen molar-refractivity contribution in [1.82, 2.24) is 21.3 Å². The van der Waals surface area contributed by atoms with Crippen molar-refractivity contribution >= 4 is 12.6 Å². The zero-order chi connectivity index (χ0) is 18.0. The van der Waals surface area contributed by atoms with E-state index in [1.807, 2.05) is 11.9 Å². The van der Waals surface area contributed by atoms with Gasteiger partial charge in [0.05, 0.1) is 12.1 Å².